The van der Waals surface area contributed by atoms with Crippen molar-refractivity contribution in [1.29, 1.82) is 0 Å². The number of hydrogen-bond donors (Lipinski definition) is 0. The maximum absolute atomic E-state index is 6.38. The van der Waals surface area contributed by atoms with Crippen molar-refractivity contribution in [2.24, 2.45) is 0 Å². The molecule has 0 aliphatic rings. The molecule has 0 saturated heterocycles. The van der Waals surface area contributed by atoms with E-state index >= 15 is 0 Å². The summed E-state index contributed by atoms with van der Waals surface area (Å²) in [7, 11) is -1.41. The van der Waals surface area contributed by atoms with Gasteiger partial charge in [0.25, 0.3) is 0 Å². The Bertz CT molecular complexity index is 301. The summed E-state index contributed by atoms with van der Waals surface area (Å²) in [4.78, 5) is 0. The van der Waals surface area contributed by atoms with Crippen LogP contribution in [-0.2, 0) is 4.43 Å². The molecule has 0 saturated carbocycles. The van der Waals surface area contributed by atoms with Crippen molar-refractivity contribution in [2.45, 2.75) is 174 Å². The van der Waals surface area contributed by atoms with Gasteiger partial charge in [-0.05, 0) is 25.1 Å². The maximum atomic E-state index is 6.38. The molecule has 0 aliphatic heterocycles. The van der Waals surface area contributed by atoms with Crippen molar-refractivity contribution in [3.05, 3.63) is 0 Å². The summed E-state index contributed by atoms with van der Waals surface area (Å²) < 4.78 is 6.38. The Hall–Kier alpha value is 0.177. The lowest BCUT2D eigenvalue weighted by atomic mass is 10.0. The molecule has 0 aromatic rings. The van der Waals surface area contributed by atoms with Crippen LogP contribution in [0.15, 0.2) is 0 Å². The summed E-state index contributed by atoms with van der Waals surface area (Å²) in [6.07, 6.45) is 28.9. The van der Waals surface area contributed by atoms with Gasteiger partial charge in [0.2, 0.25) is 0 Å². The van der Waals surface area contributed by atoms with E-state index in [1.807, 2.05) is 0 Å². The van der Waals surface area contributed by atoms with Gasteiger partial charge in [0, 0.05) is 6.61 Å². The second-order valence-corrected chi connectivity index (χ2v) is 14.0. The number of rotatable bonds is 25. The van der Waals surface area contributed by atoms with E-state index in [1.165, 1.54) is 147 Å². The van der Waals surface area contributed by atoms with E-state index in [9.17, 15) is 0 Å². The molecule has 0 aliphatic carbocycles. The summed E-state index contributed by atoms with van der Waals surface area (Å²) >= 11 is 0. The second-order valence-electron chi connectivity index (χ2n) is 9.88. The summed E-state index contributed by atoms with van der Waals surface area (Å²) in [5.74, 6) is 0. The molecule has 0 unspecified atom stereocenters. The van der Waals surface area contributed by atoms with Crippen LogP contribution in [-0.4, -0.2) is 14.9 Å². The molecule has 0 amide bonds. The second kappa shape index (κ2) is 23.8. The molecule has 2 heteroatoms. The summed E-state index contributed by atoms with van der Waals surface area (Å²) in [5.41, 5.74) is 0. The molecule has 182 valence electrons. The van der Waals surface area contributed by atoms with E-state index in [0.717, 1.165) is 6.61 Å². The van der Waals surface area contributed by atoms with Crippen LogP contribution in [0.4, 0.5) is 0 Å². The average Bonchev–Trinajstić information content (AvgIpc) is 2.73. The van der Waals surface area contributed by atoms with Crippen LogP contribution >= 0.6 is 0 Å². The first-order valence-corrected chi connectivity index (χ1v) is 16.9. The molecule has 0 radical (unpaired) electrons. The van der Waals surface area contributed by atoms with Crippen molar-refractivity contribution in [1.82, 2.24) is 0 Å². The molecule has 0 rings (SSSR count). The fourth-order valence-corrected chi connectivity index (χ4v) is 9.67. The summed E-state index contributed by atoms with van der Waals surface area (Å²) in [6.45, 7) is 10.1. The summed E-state index contributed by atoms with van der Waals surface area (Å²) in [5, 5.41) is 0. The zero-order chi connectivity index (χ0) is 22.2. The SMILES string of the molecule is CCCCCCCCCCCCCCCCCCCC[Si](CCC)(CCC)OCC. The van der Waals surface area contributed by atoms with E-state index in [-0.39, 0.29) is 0 Å². The third-order valence-corrected chi connectivity index (χ3v) is 11.8. The number of unbranched alkanes of at least 4 members (excludes halogenated alkanes) is 17. The van der Waals surface area contributed by atoms with Crippen molar-refractivity contribution >= 4 is 8.32 Å². The Balaban J connectivity index is 3.41. The molecular weight excluding hydrogens is 380 g/mol. The smallest absolute Gasteiger partial charge is 0.192 e. The van der Waals surface area contributed by atoms with Crippen LogP contribution in [0.1, 0.15) is 156 Å². The Morgan fingerprint density at radius 1 is 0.367 bits per heavy atom. The lowest BCUT2D eigenvalue weighted by molar-refractivity contribution is 0.315. The van der Waals surface area contributed by atoms with Crippen LogP contribution in [0.25, 0.3) is 0 Å². The molecule has 1 nitrogen and oxygen atoms in total. The molecule has 30 heavy (non-hydrogen) atoms. The Labute approximate surface area is 193 Å². The predicted molar refractivity (Wildman–Crippen MR) is 141 cm³/mol. The molecule has 0 spiro atoms. The highest BCUT2D eigenvalue weighted by atomic mass is 28.4. The Morgan fingerprint density at radius 3 is 1.00 bits per heavy atom. The standard InChI is InChI=1S/C28H60OSi/c1-5-9-10-11-12-13-14-15-16-17-18-19-20-21-22-23-24-25-28-30(26-6-2,27-7-3)29-8-4/h5-28H2,1-4H3. The maximum Gasteiger partial charge on any atom is 0.192 e. The Morgan fingerprint density at radius 2 is 0.700 bits per heavy atom. The van der Waals surface area contributed by atoms with E-state index in [0.29, 0.717) is 0 Å². The normalized spacial score (nSPS) is 12.0. The zero-order valence-corrected chi connectivity index (χ0v) is 22.9. The van der Waals surface area contributed by atoms with Crippen LogP contribution < -0.4 is 0 Å². The molecular formula is C28H60OSi. The number of hydrogen-bond acceptors (Lipinski definition) is 1. The topological polar surface area (TPSA) is 9.23 Å². The minimum Gasteiger partial charge on any atom is -0.417 e. The van der Waals surface area contributed by atoms with Crippen LogP contribution in [0.3, 0.4) is 0 Å². The van der Waals surface area contributed by atoms with E-state index in [4.69, 9.17) is 4.43 Å². The largest absolute Gasteiger partial charge is 0.417 e. The van der Waals surface area contributed by atoms with Crippen molar-refractivity contribution in [3.63, 3.8) is 0 Å². The zero-order valence-electron chi connectivity index (χ0n) is 21.9. The summed E-state index contributed by atoms with van der Waals surface area (Å²) in [6, 6.07) is 4.18. The van der Waals surface area contributed by atoms with E-state index in [2.05, 4.69) is 27.7 Å². The van der Waals surface area contributed by atoms with Gasteiger partial charge in [-0.25, -0.2) is 0 Å². The van der Waals surface area contributed by atoms with Gasteiger partial charge in [-0.15, -0.1) is 0 Å². The lowest BCUT2D eigenvalue weighted by Crippen LogP contribution is -2.37. The highest BCUT2D eigenvalue weighted by molar-refractivity contribution is 6.73. The molecule has 0 bridgehead atoms. The highest BCUT2D eigenvalue weighted by Crippen LogP contribution is 2.28. The van der Waals surface area contributed by atoms with Gasteiger partial charge >= 0.3 is 0 Å². The van der Waals surface area contributed by atoms with Gasteiger partial charge in [-0.3, -0.25) is 0 Å². The molecule has 0 aromatic carbocycles. The van der Waals surface area contributed by atoms with Gasteiger partial charge in [0.05, 0.1) is 0 Å². The van der Waals surface area contributed by atoms with Gasteiger partial charge < -0.3 is 4.43 Å². The average molecular weight is 441 g/mol. The highest BCUT2D eigenvalue weighted by Gasteiger charge is 2.31. The first-order valence-electron chi connectivity index (χ1n) is 14.4. The molecule has 0 N–H and O–H groups in total. The van der Waals surface area contributed by atoms with Crippen molar-refractivity contribution < 1.29 is 4.43 Å². The molecule has 0 fully saturated rings. The quantitative estimate of drug-likeness (QED) is 0.101. The molecule has 0 atom stereocenters. The third kappa shape index (κ3) is 18.9. The fraction of sp³-hybridized carbons (Fsp3) is 1.00. The molecule has 0 aromatic heterocycles. The van der Waals surface area contributed by atoms with E-state index < -0.39 is 8.32 Å². The van der Waals surface area contributed by atoms with Gasteiger partial charge in [0.15, 0.2) is 8.32 Å². The Kier molecular flexibility index (Phi) is 24.0. The molecule has 0 heterocycles. The monoisotopic (exact) mass is 440 g/mol. The minimum absolute atomic E-state index is 0.936. The first kappa shape index (κ1) is 30.2. The van der Waals surface area contributed by atoms with Gasteiger partial charge in [-0.1, -0.05) is 149 Å². The lowest BCUT2D eigenvalue weighted by Gasteiger charge is -2.31. The van der Waals surface area contributed by atoms with Crippen molar-refractivity contribution in [3.8, 4) is 0 Å². The van der Waals surface area contributed by atoms with Crippen LogP contribution in [0, 0.1) is 0 Å². The van der Waals surface area contributed by atoms with Gasteiger partial charge in [0.1, 0.15) is 0 Å². The third-order valence-electron chi connectivity index (χ3n) is 6.85. The predicted octanol–water partition coefficient (Wildman–Crippen LogP) is 10.8. The van der Waals surface area contributed by atoms with Crippen LogP contribution in [0.5, 0.6) is 0 Å². The van der Waals surface area contributed by atoms with Gasteiger partial charge in [-0.2, -0.15) is 0 Å². The first-order chi connectivity index (χ1) is 14.7. The van der Waals surface area contributed by atoms with Crippen molar-refractivity contribution in [2.75, 3.05) is 6.61 Å². The minimum atomic E-state index is -1.41. The van der Waals surface area contributed by atoms with Crippen LogP contribution in [0.2, 0.25) is 18.1 Å². The fourth-order valence-electron chi connectivity index (χ4n) is 5.16. The van der Waals surface area contributed by atoms with E-state index in [1.54, 1.807) is 0 Å².